The molecule has 0 fully saturated rings. The molecule has 9 heteroatoms. The van der Waals surface area contributed by atoms with Gasteiger partial charge in [0.1, 0.15) is 11.6 Å². The van der Waals surface area contributed by atoms with E-state index in [0.717, 1.165) is 24.7 Å². The van der Waals surface area contributed by atoms with Crippen LogP contribution in [-0.2, 0) is 6.54 Å². The Balaban J connectivity index is 1.77. The Hall–Kier alpha value is -3.33. The van der Waals surface area contributed by atoms with Crippen LogP contribution < -0.4 is 10.5 Å². The summed E-state index contributed by atoms with van der Waals surface area (Å²) in [6.45, 7) is 3.78. The summed E-state index contributed by atoms with van der Waals surface area (Å²) in [5.41, 5.74) is 8.80. The van der Waals surface area contributed by atoms with Crippen molar-refractivity contribution in [2.45, 2.75) is 19.9 Å². The fraction of sp³-hybridized carbons (Fsp3) is 0.364. The summed E-state index contributed by atoms with van der Waals surface area (Å²) in [5.74, 6) is 0.791. The summed E-state index contributed by atoms with van der Waals surface area (Å²) in [7, 11) is 4.15. The molecule has 0 saturated carbocycles. The lowest BCUT2D eigenvalue weighted by Gasteiger charge is -2.20. The minimum atomic E-state index is -0.437. The lowest BCUT2D eigenvalue weighted by molar-refractivity contribution is 0.314. The largest absolute Gasteiger partial charge is 0.464 e. The molecule has 0 amide bonds. The van der Waals surface area contributed by atoms with Crippen LogP contribution in [0.3, 0.4) is 0 Å². The minimum absolute atomic E-state index is 0.191. The van der Waals surface area contributed by atoms with Gasteiger partial charge >= 0.3 is 6.01 Å². The number of hydrogen-bond donors (Lipinski definition) is 1. The van der Waals surface area contributed by atoms with Gasteiger partial charge in [-0.1, -0.05) is 18.2 Å². The first-order chi connectivity index (χ1) is 14.9. The van der Waals surface area contributed by atoms with E-state index in [1.807, 2.05) is 11.5 Å². The molecular formula is C22H26FN7O. The van der Waals surface area contributed by atoms with E-state index in [2.05, 4.69) is 57.2 Å². The van der Waals surface area contributed by atoms with Gasteiger partial charge in [-0.05, 0) is 45.0 Å². The van der Waals surface area contributed by atoms with E-state index in [9.17, 15) is 4.39 Å². The van der Waals surface area contributed by atoms with Gasteiger partial charge in [0.05, 0.1) is 19.3 Å². The number of allylic oxidation sites excluding steroid dienone is 3. The van der Waals surface area contributed by atoms with Crippen molar-refractivity contribution in [2.75, 3.05) is 33.0 Å². The predicted molar refractivity (Wildman–Crippen MR) is 118 cm³/mol. The average molecular weight is 423 g/mol. The summed E-state index contributed by atoms with van der Waals surface area (Å²) in [6, 6.07) is 1.59. The van der Waals surface area contributed by atoms with Crippen LogP contribution in [0.25, 0.3) is 22.6 Å². The number of nitrogens with zero attached hydrogens (tertiary/aromatic N) is 6. The molecule has 0 bridgehead atoms. The summed E-state index contributed by atoms with van der Waals surface area (Å²) < 4.78 is 21.3. The molecule has 0 aromatic carbocycles. The second-order valence-electron chi connectivity index (χ2n) is 7.81. The molecule has 4 rings (SSSR count). The van der Waals surface area contributed by atoms with Gasteiger partial charge in [-0.15, -0.1) is 0 Å². The Morgan fingerprint density at radius 3 is 2.77 bits per heavy atom. The van der Waals surface area contributed by atoms with Gasteiger partial charge in [0.25, 0.3) is 0 Å². The normalized spacial score (nSPS) is 16.2. The van der Waals surface area contributed by atoms with E-state index in [1.165, 1.54) is 6.07 Å². The van der Waals surface area contributed by atoms with Crippen molar-refractivity contribution in [2.24, 2.45) is 5.92 Å². The smallest absolute Gasteiger partial charge is 0.320 e. The van der Waals surface area contributed by atoms with Crippen LogP contribution in [0.2, 0.25) is 0 Å². The summed E-state index contributed by atoms with van der Waals surface area (Å²) >= 11 is 0. The highest BCUT2D eigenvalue weighted by molar-refractivity contribution is 5.86. The molecule has 31 heavy (non-hydrogen) atoms. The molecule has 3 aromatic heterocycles. The maximum absolute atomic E-state index is 13.9. The van der Waals surface area contributed by atoms with E-state index in [1.54, 1.807) is 6.20 Å². The van der Waals surface area contributed by atoms with Crippen LogP contribution >= 0.6 is 0 Å². The molecule has 0 aliphatic heterocycles. The second kappa shape index (κ2) is 8.81. The Kier molecular flexibility index (Phi) is 5.94. The van der Waals surface area contributed by atoms with Crippen molar-refractivity contribution in [3.63, 3.8) is 0 Å². The van der Waals surface area contributed by atoms with Gasteiger partial charge in [0, 0.05) is 18.3 Å². The number of aromatic nitrogens is 5. The Morgan fingerprint density at radius 1 is 1.26 bits per heavy atom. The van der Waals surface area contributed by atoms with Crippen molar-refractivity contribution in [1.82, 2.24) is 29.4 Å². The quantitative estimate of drug-likeness (QED) is 0.624. The molecule has 0 radical (unpaired) electrons. The van der Waals surface area contributed by atoms with Gasteiger partial charge < -0.3 is 19.9 Å². The first kappa shape index (κ1) is 20.9. The number of ether oxygens (including phenoxy) is 1. The predicted octanol–water partition coefficient (Wildman–Crippen LogP) is 3.07. The van der Waals surface area contributed by atoms with Crippen LogP contribution in [0.5, 0.6) is 6.01 Å². The van der Waals surface area contributed by atoms with Crippen LogP contribution in [0, 0.1) is 11.7 Å². The molecule has 1 atom stereocenters. The Morgan fingerprint density at radius 2 is 2.10 bits per heavy atom. The van der Waals surface area contributed by atoms with Crippen molar-refractivity contribution in [3.8, 4) is 17.4 Å². The summed E-state index contributed by atoms with van der Waals surface area (Å²) in [4.78, 5) is 19.5. The highest BCUT2D eigenvalue weighted by Crippen LogP contribution is 2.29. The molecule has 1 aliphatic carbocycles. The number of anilines is 1. The van der Waals surface area contributed by atoms with Crippen LogP contribution in [0.4, 0.5) is 10.2 Å². The monoisotopic (exact) mass is 423 g/mol. The maximum Gasteiger partial charge on any atom is 0.320 e. The zero-order valence-corrected chi connectivity index (χ0v) is 17.9. The Labute approximate surface area is 180 Å². The maximum atomic E-state index is 13.9. The van der Waals surface area contributed by atoms with Gasteiger partial charge in [-0.2, -0.15) is 9.97 Å². The van der Waals surface area contributed by atoms with Gasteiger partial charge in [0.15, 0.2) is 17.0 Å². The zero-order chi connectivity index (χ0) is 22.0. The number of fused-ring (bicyclic) bond motifs is 1. The van der Waals surface area contributed by atoms with Gasteiger partial charge in [-0.25, -0.2) is 9.37 Å². The Bertz CT molecular complexity index is 1150. The number of pyridine rings is 1. The third kappa shape index (κ3) is 4.56. The second-order valence-corrected chi connectivity index (χ2v) is 7.81. The summed E-state index contributed by atoms with van der Waals surface area (Å²) in [6.07, 6.45) is 10.3. The van der Waals surface area contributed by atoms with Gasteiger partial charge in [-0.3, -0.25) is 4.98 Å². The molecule has 3 heterocycles. The average Bonchev–Trinajstić information content (AvgIpc) is 3.08. The molecule has 0 saturated heterocycles. The number of nitrogen functional groups attached to an aromatic ring is 1. The van der Waals surface area contributed by atoms with Crippen molar-refractivity contribution >= 4 is 17.0 Å². The third-order valence-electron chi connectivity index (χ3n) is 5.04. The molecule has 162 valence electrons. The summed E-state index contributed by atoms with van der Waals surface area (Å²) in [5, 5.41) is 0. The standard InChI is InChI=1S/C22H26FN7O/c1-4-31-22-27-19(24)18-21(28-22)30(20(26-18)16-9-17(23)11-25-10-16)13-15-7-5-14(6-8-15)12-29(2)3/h5,7-11,14H,4,6,12-13H2,1-3H3,(H2,24,27,28). The van der Waals surface area contributed by atoms with Crippen LogP contribution in [0.15, 0.2) is 42.3 Å². The topological polar surface area (TPSA) is 95.0 Å². The lowest BCUT2D eigenvalue weighted by Crippen LogP contribution is -2.21. The van der Waals surface area contributed by atoms with Crippen LogP contribution in [-0.4, -0.2) is 56.6 Å². The van der Waals surface area contributed by atoms with Crippen molar-refractivity contribution < 1.29 is 9.13 Å². The molecule has 0 spiro atoms. The number of imidazole rings is 1. The van der Waals surface area contributed by atoms with E-state index >= 15 is 0 Å². The fourth-order valence-corrected chi connectivity index (χ4v) is 3.71. The zero-order valence-electron chi connectivity index (χ0n) is 17.9. The number of halogens is 1. The van der Waals surface area contributed by atoms with E-state index in [0.29, 0.717) is 41.6 Å². The number of rotatable bonds is 7. The van der Waals surface area contributed by atoms with Crippen LogP contribution in [0.1, 0.15) is 13.3 Å². The van der Waals surface area contributed by atoms with E-state index in [-0.39, 0.29) is 11.8 Å². The number of nitrogens with two attached hydrogens (primary N) is 1. The van der Waals surface area contributed by atoms with Gasteiger partial charge in [0.2, 0.25) is 0 Å². The van der Waals surface area contributed by atoms with Crippen molar-refractivity contribution in [1.29, 1.82) is 0 Å². The fourth-order valence-electron chi connectivity index (χ4n) is 3.71. The molecule has 2 N–H and O–H groups in total. The SMILES string of the molecule is CCOc1nc(N)c2nc(-c3cncc(F)c3)n(CC3=CCC(CN(C)C)C=C3)c2n1. The van der Waals surface area contributed by atoms with Crippen molar-refractivity contribution in [3.05, 3.63) is 48.1 Å². The highest BCUT2D eigenvalue weighted by Gasteiger charge is 2.20. The minimum Gasteiger partial charge on any atom is -0.464 e. The first-order valence-corrected chi connectivity index (χ1v) is 10.2. The molecular weight excluding hydrogens is 397 g/mol. The molecule has 1 aliphatic rings. The molecule has 8 nitrogen and oxygen atoms in total. The van der Waals surface area contributed by atoms with E-state index < -0.39 is 5.82 Å². The molecule has 3 aromatic rings. The lowest BCUT2D eigenvalue weighted by atomic mass is 9.96. The first-order valence-electron chi connectivity index (χ1n) is 10.2. The highest BCUT2D eigenvalue weighted by atomic mass is 19.1. The van der Waals surface area contributed by atoms with E-state index in [4.69, 9.17) is 10.5 Å². The number of hydrogen-bond acceptors (Lipinski definition) is 7. The third-order valence-corrected chi connectivity index (χ3v) is 5.04. The molecule has 1 unspecified atom stereocenters.